The van der Waals surface area contributed by atoms with Crippen LogP contribution in [0.4, 0.5) is 5.82 Å². The number of hydrogen-bond donors (Lipinski definition) is 1. The Morgan fingerprint density at radius 2 is 1.71 bits per heavy atom. The molecule has 2 aromatic heterocycles. The van der Waals surface area contributed by atoms with Crippen LogP contribution in [0.2, 0.25) is 0 Å². The third kappa shape index (κ3) is 4.16. The maximum atomic E-state index is 12.7. The second-order valence-electron chi connectivity index (χ2n) is 9.17. The van der Waals surface area contributed by atoms with Crippen LogP contribution in [-0.4, -0.2) is 39.6 Å². The Balaban J connectivity index is 1.34. The van der Waals surface area contributed by atoms with Crippen molar-refractivity contribution in [1.82, 2.24) is 19.9 Å². The van der Waals surface area contributed by atoms with Gasteiger partial charge in [-0.1, -0.05) is 42.7 Å². The van der Waals surface area contributed by atoms with Crippen molar-refractivity contribution < 1.29 is 4.79 Å². The van der Waals surface area contributed by atoms with Gasteiger partial charge in [-0.05, 0) is 39.5 Å². The monoisotopic (exact) mass is 417 g/mol. The van der Waals surface area contributed by atoms with Gasteiger partial charge in [0.05, 0.1) is 5.69 Å². The van der Waals surface area contributed by atoms with Gasteiger partial charge in [0.1, 0.15) is 5.82 Å². The number of carbonyl (C=O) groups excluding carboxylic acids is 1. The zero-order valence-corrected chi connectivity index (χ0v) is 18.5. The molecule has 1 aliphatic carbocycles. The maximum absolute atomic E-state index is 12.7. The fourth-order valence-electron chi connectivity index (χ4n) is 4.93. The molecule has 0 atom stereocenters. The summed E-state index contributed by atoms with van der Waals surface area (Å²) in [6.45, 7) is 5.85. The molecule has 6 heteroatoms. The van der Waals surface area contributed by atoms with Gasteiger partial charge >= 0.3 is 0 Å². The number of aryl methyl sites for hydroxylation is 2. The predicted molar refractivity (Wildman–Crippen MR) is 123 cm³/mol. The molecule has 0 spiro atoms. The Morgan fingerprint density at radius 1 is 1.00 bits per heavy atom. The fraction of sp³-hybridized carbons (Fsp3) is 0.480. The van der Waals surface area contributed by atoms with Crippen LogP contribution in [0.15, 0.2) is 36.4 Å². The molecule has 0 radical (unpaired) electrons. The van der Waals surface area contributed by atoms with Crippen LogP contribution in [0.3, 0.4) is 0 Å². The van der Waals surface area contributed by atoms with Gasteiger partial charge < -0.3 is 10.2 Å². The Kier molecular flexibility index (Phi) is 5.38. The Morgan fingerprint density at radius 3 is 2.42 bits per heavy atom. The van der Waals surface area contributed by atoms with Crippen LogP contribution in [0.5, 0.6) is 0 Å². The Bertz CT molecular complexity index is 1070. The van der Waals surface area contributed by atoms with Gasteiger partial charge in [-0.3, -0.25) is 4.79 Å². The fourth-order valence-corrected chi connectivity index (χ4v) is 4.93. The van der Waals surface area contributed by atoms with Gasteiger partial charge in [0, 0.05) is 48.4 Å². The minimum absolute atomic E-state index is 0.121. The molecule has 31 heavy (non-hydrogen) atoms. The number of piperidine rings is 1. The van der Waals surface area contributed by atoms with E-state index in [-0.39, 0.29) is 11.8 Å². The van der Waals surface area contributed by atoms with E-state index in [1.807, 2.05) is 11.4 Å². The molecule has 3 aromatic rings. The SMILES string of the molecule is Cc1ccc(-c2cc3nc(C)cc(N4CCC(C(=O)NC5CCCC5)CC4)n3n2)cc1. The third-order valence-corrected chi connectivity index (χ3v) is 6.78. The van der Waals surface area contributed by atoms with E-state index in [2.05, 4.69) is 53.5 Å². The number of hydrogen-bond acceptors (Lipinski definition) is 4. The minimum atomic E-state index is 0.121. The number of aromatic nitrogens is 3. The second kappa shape index (κ2) is 8.33. The van der Waals surface area contributed by atoms with Crippen molar-refractivity contribution in [2.75, 3.05) is 18.0 Å². The average Bonchev–Trinajstić information content (AvgIpc) is 3.43. The molecule has 1 saturated carbocycles. The second-order valence-corrected chi connectivity index (χ2v) is 9.17. The van der Waals surface area contributed by atoms with Crippen LogP contribution in [0.1, 0.15) is 49.8 Å². The average molecular weight is 418 g/mol. The van der Waals surface area contributed by atoms with E-state index in [0.717, 1.165) is 67.2 Å². The molecule has 1 N–H and O–H groups in total. The van der Waals surface area contributed by atoms with Crippen molar-refractivity contribution >= 4 is 17.4 Å². The lowest BCUT2D eigenvalue weighted by atomic mass is 9.95. The normalized spacial score (nSPS) is 18.1. The smallest absolute Gasteiger partial charge is 0.223 e. The lowest BCUT2D eigenvalue weighted by molar-refractivity contribution is -0.126. The molecule has 3 heterocycles. The van der Waals surface area contributed by atoms with Crippen molar-refractivity contribution in [1.29, 1.82) is 0 Å². The van der Waals surface area contributed by atoms with E-state index < -0.39 is 0 Å². The van der Waals surface area contributed by atoms with Crippen molar-refractivity contribution in [3.63, 3.8) is 0 Å². The topological polar surface area (TPSA) is 62.5 Å². The van der Waals surface area contributed by atoms with E-state index in [0.29, 0.717) is 6.04 Å². The van der Waals surface area contributed by atoms with E-state index in [1.54, 1.807) is 0 Å². The molecule has 2 fully saturated rings. The van der Waals surface area contributed by atoms with Crippen molar-refractivity contribution in [2.24, 2.45) is 5.92 Å². The number of nitrogens with one attached hydrogen (secondary N) is 1. The summed E-state index contributed by atoms with van der Waals surface area (Å²) in [6.07, 6.45) is 6.54. The number of nitrogens with zero attached hydrogens (tertiary/aromatic N) is 4. The number of fused-ring (bicyclic) bond motifs is 1. The molecule has 1 aromatic carbocycles. The highest BCUT2D eigenvalue weighted by Gasteiger charge is 2.28. The number of anilines is 1. The third-order valence-electron chi connectivity index (χ3n) is 6.78. The summed E-state index contributed by atoms with van der Waals surface area (Å²) >= 11 is 0. The van der Waals surface area contributed by atoms with E-state index in [1.165, 1.54) is 18.4 Å². The first-order valence-corrected chi connectivity index (χ1v) is 11.6. The largest absolute Gasteiger partial charge is 0.356 e. The first-order valence-electron chi connectivity index (χ1n) is 11.6. The highest BCUT2D eigenvalue weighted by Crippen LogP contribution is 2.28. The van der Waals surface area contributed by atoms with Crippen molar-refractivity contribution in [3.8, 4) is 11.3 Å². The van der Waals surface area contributed by atoms with Crippen molar-refractivity contribution in [3.05, 3.63) is 47.7 Å². The number of rotatable bonds is 4. The van der Waals surface area contributed by atoms with Crippen molar-refractivity contribution in [2.45, 2.75) is 58.4 Å². The van der Waals surface area contributed by atoms with Gasteiger partial charge in [0.2, 0.25) is 5.91 Å². The van der Waals surface area contributed by atoms with Gasteiger partial charge in [0.15, 0.2) is 5.65 Å². The van der Waals surface area contributed by atoms with Gasteiger partial charge in [-0.25, -0.2) is 4.98 Å². The molecule has 5 rings (SSSR count). The lowest BCUT2D eigenvalue weighted by Gasteiger charge is -2.33. The minimum Gasteiger partial charge on any atom is -0.356 e. The molecule has 1 saturated heterocycles. The Hall–Kier alpha value is -2.89. The molecule has 1 aliphatic heterocycles. The number of benzene rings is 1. The summed E-state index contributed by atoms with van der Waals surface area (Å²) in [5.41, 5.74) is 5.12. The lowest BCUT2D eigenvalue weighted by Crippen LogP contribution is -2.43. The molecule has 6 nitrogen and oxygen atoms in total. The predicted octanol–water partition coefficient (Wildman–Crippen LogP) is 4.29. The van der Waals surface area contributed by atoms with E-state index >= 15 is 0 Å². The molecule has 0 unspecified atom stereocenters. The first-order chi connectivity index (χ1) is 15.1. The van der Waals surface area contributed by atoms with Crippen LogP contribution in [-0.2, 0) is 4.79 Å². The molecule has 1 amide bonds. The highest BCUT2D eigenvalue weighted by molar-refractivity contribution is 5.79. The summed E-state index contributed by atoms with van der Waals surface area (Å²) < 4.78 is 1.96. The summed E-state index contributed by atoms with van der Waals surface area (Å²) in [5.74, 6) is 1.44. The summed E-state index contributed by atoms with van der Waals surface area (Å²) in [7, 11) is 0. The van der Waals surface area contributed by atoms with Crippen LogP contribution >= 0.6 is 0 Å². The maximum Gasteiger partial charge on any atom is 0.223 e. The molecule has 0 bridgehead atoms. The Labute approximate surface area is 183 Å². The first kappa shape index (κ1) is 20.0. The number of carbonyl (C=O) groups is 1. The van der Waals surface area contributed by atoms with E-state index in [9.17, 15) is 4.79 Å². The van der Waals surface area contributed by atoms with Gasteiger partial charge in [0.25, 0.3) is 0 Å². The number of amides is 1. The van der Waals surface area contributed by atoms with Crippen LogP contribution in [0, 0.1) is 19.8 Å². The van der Waals surface area contributed by atoms with Crippen LogP contribution in [0.25, 0.3) is 16.9 Å². The van der Waals surface area contributed by atoms with Gasteiger partial charge in [-0.15, -0.1) is 0 Å². The zero-order chi connectivity index (χ0) is 21.4. The van der Waals surface area contributed by atoms with Crippen LogP contribution < -0.4 is 10.2 Å². The standard InChI is InChI=1S/C25H31N5O/c1-17-7-9-19(10-8-17)22-16-23-26-18(2)15-24(30(23)28-22)29-13-11-20(12-14-29)25(31)27-21-5-3-4-6-21/h7-10,15-16,20-21H,3-6,11-14H2,1-2H3,(H,27,31). The zero-order valence-electron chi connectivity index (χ0n) is 18.5. The quantitative estimate of drug-likeness (QED) is 0.688. The highest BCUT2D eigenvalue weighted by atomic mass is 16.1. The van der Waals surface area contributed by atoms with Gasteiger partial charge in [-0.2, -0.15) is 9.61 Å². The summed E-state index contributed by atoms with van der Waals surface area (Å²) in [4.78, 5) is 19.7. The summed E-state index contributed by atoms with van der Waals surface area (Å²) in [6, 6.07) is 13.0. The molecular weight excluding hydrogens is 386 g/mol. The molecule has 162 valence electrons. The van der Waals surface area contributed by atoms with E-state index in [4.69, 9.17) is 10.1 Å². The summed E-state index contributed by atoms with van der Waals surface area (Å²) in [5, 5.41) is 8.17. The molecular formula is C25H31N5O. The molecule has 2 aliphatic rings.